The van der Waals surface area contributed by atoms with E-state index in [2.05, 4.69) is 15.5 Å². The molecule has 3 heterocycles. The van der Waals surface area contributed by atoms with Gasteiger partial charge in [-0.05, 0) is 67.7 Å². The Labute approximate surface area is 192 Å². The fourth-order valence-electron chi connectivity index (χ4n) is 3.87. The van der Waals surface area contributed by atoms with E-state index >= 15 is 0 Å². The number of aromatic nitrogens is 3. The molecule has 0 radical (unpaired) electrons. The molecule has 1 aromatic carbocycles. The Balaban J connectivity index is 1.52. The fraction of sp³-hybridized carbons (Fsp3) is 0.409. The molecule has 10 heteroatoms. The summed E-state index contributed by atoms with van der Waals surface area (Å²) in [7, 11) is -3.52. The number of hydrogen-bond acceptors (Lipinski definition) is 6. The van der Waals surface area contributed by atoms with Crippen LogP contribution in [-0.2, 0) is 10.0 Å². The van der Waals surface area contributed by atoms with Gasteiger partial charge in [0.2, 0.25) is 10.0 Å². The molecule has 0 bridgehead atoms. The molecule has 1 amide bonds. The molecule has 4 rings (SSSR count). The highest BCUT2D eigenvalue weighted by Gasteiger charge is 2.26. The van der Waals surface area contributed by atoms with Crippen molar-refractivity contribution in [3.05, 3.63) is 60.0 Å². The van der Waals surface area contributed by atoms with Crippen molar-refractivity contribution in [3.8, 4) is 0 Å². The van der Waals surface area contributed by atoms with E-state index in [0.717, 1.165) is 30.7 Å². The Kier molecular flexibility index (Phi) is 7.12. The van der Waals surface area contributed by atoms with E-state index in [-0.39, 0.29) is 16.8 Å². The van der Waals surface area contributed by atoms with Gasteiger partial charge in [0.05, 0.1) is 10.9 Å². The molecule has 32 heavy (non-hydrogen) atoms. The highest BCUT2D eigenvalue weighted by Crippen LogP contribution is 2.22. The summed E-state index contributed by atoms with van der Waals surface area (Å²) in [6.07, 6.45) is 7.42. The van der Waals surface area contributed by atoms with Gasteiger partial charge in [-0.1, -0.05) is 12.5 Å². The zero-order chi connectivity index (χ0) is 22.6. The van der Waals surface area contributed by atoms with Gasteiger partial charge in [-0.2, -0.15) is 16.1 Å². The van der Waals surface area contributed by atoms with Crippen molar-refractivity contribution >= 4 is 33.3 Å². The third-order valence-electron chi connectivity index (χ3n) is 5.64. The van der Waals surface area contributed by atoms with Crippen molar-refractivity contribution in [1.29, 1.82) is 0 Å². The molecule has 1 saturated heterocycles. The number of hydrogen-bond donors (Lipinski definition) is 1. The maximum atomic E-state index is 13.0. The number of piperidine rings is 1. The van der Waals surface area contributed by atoms with Crippen LogP contribution in [0.5, 0.6) is 0 Å². The summed E-state index contributed by atoms with van der Waals surface area (Å²) in [6, 6.07) is 11.5. The van der Waals surface area contributed by atoms with Crippen LogP contribution >= 0.6 is 11.8 Å². The van der Waals surface area contributed by atoms with Gasteiger partial charge in [0, 0.05) is 24.8 Å². The van der Waals surface area contributed by atoms with Crippen LogP contribution in [-0.4, -0.2) is 58.3 Å². The smallest absolute Gasteiger partial charge is 0.251 e. The number of sulfonamides is 1. The number of amides is 1. The Bertz CT molecular complexity index is 1170. The van der Waals surface area contributed by atoms with Crippen molar-refractivity contribution in [1.82, 2.24) is 24.2 Å². The summed E-state index contributed by atoms with van der Waals surface area (Å²) >= 11 is 1.69. The third kappa shape index (κ3) is 4.82. The van der Waals surface area contributed by atoms with E-state index in [1.807, 2.05) is 35.1 Å². The summed E-state index contributed by atoms with van der Waals surface area (Å²) in [5, 5.41) is 11.5. The van der Waals surface area contributed by atoms with E-state index < -0.39 is 10.0 Å². The first-order valence-corrected chi connectivity index (χ1v) is 13.5. The number of carbonyl (C=O) groups excluding carboxylic acids is 1. The molecule has 0 spiro atoms. The number of rotatable bonds is 8. The van der Waals surface area contributed by atoms with E-state index in [1.165, 1.54) is 16.4 Å². The molecule has 0 saturated carbocycles. The van der Waals surface area contributed by atoms with Crippen LogP contribution in [0.4, 0.5) is 0 Å². The number of fused-ring (bicyclic) bond motifs is 1. The van der Waals surface area contributed by atoms with E-state index in [0.29, 0.717) is 30.9 Å². The van der Waals surface area contributed by atoms with Gasteiger partial charge in [-0.15, -0.1) is 10.2 Å². The van der Waals surface area contributed by atoms with Crippen LogP contribution in [0.1, 0.15) is 47.9 Å². The van der Waals surface area contributed by atoms with E-state index in [4.69, 9.17) is 0 Å². The first kappa shape index (κ1) is 22.8. The number of carbonyl (C=O) groups is 1. The summed E-state index contributed by atoms with van der Waals surface area (Å²) in [5.41, 5.74) is 1.13. The molecule has 8 nitrogen and oxygen atoms in total. The largest absolute Gasteiger partial charge is 0.342 e. The van der Waals surface area contributed by atoms with E-state index in [1.54, 1.807) is 23.9 Å². The first-order valence-electron chi connectivity index (χ1n) is 10.7. The minimum atomic E-state index is -3.52. The zero-order valence-electron chi connectivity index (χ0n) is 18.0. The molecule has 3 aromatic rings. The molecule has 0 aliphatic carbocycles. The van der Waals surface area contributed by atoms with E-state index in [9.17, 15) is 13.2 Å². The highest BCUT2D eigenvalue weighted by molar-refractivity contribution is 7.98. The van der Waals surface area contributed by atoms with Crippen LogP contribution in [0.15, 0.2) is 53.6 Å². The summed E-state index contributed by atoms with van der Waals surface area (Å²) in [5.74, 6) is 1.25. The van der Waals surface area contributed by atoms with Gasteiger partial charge in [0.15, 0.2) is 11.5 Å². The molecule has 0 unspecified atom stereocenters. The number of nitrogens with zero attached hydrogens (tertiary/aromatic N) is 4. The predicted octanol–water partition coefficient (Wildman–Crippen LogP) is 3.13. The van der Waals surface area contributed by atoms with Crippen LogP contribution in [0, 0.1) is 0 Å². The van der Waals surface area contributed by atoms with Gasteiger partial charge < -0.3 is 5.32 Å². The Hall–Kier alpha value is -2.43. The maximum absolute atomic E-state index is 13.0. The van der Waals surface area contributed by atoms with Crippen molar-refractivity contribution in [2.75, 3.05) is 25.1 Å². The van der Waals surface area contributed by atoms with Crippen molar-refractivity contribution < 1.29 is 13.2 Å². The second kappa shape index (κ2) is 10.0. The minimum Gasteiger partial charge on any atom is -0.342 e. The standard InChI is InChI=1S/C22H27N5O3S2/c1-31-16-12-19(21-25-24-20-7-3-6-15-27(20)21)23-22(28)17-8-10-18(11-9-17)32(29,30)26-13-4-2-5-14-26/h3,6-11,15,19H,2,4-5,12-14,16H2,1H3,(H,23,28)/t19-/m0/s1. The molecule has 2 aromatic heterocycles. The normalized spacial score (nSPS) is 16.2. The van der Waals surface area contributed by atoms with Crippen molar-refractivity contribution in [2.24, 2.45) is 0 Å². The summed E-state index contributed by atoms with van der Waals surface area (Å²) in [4.78, 5) is 13.2. The van der Waals surface area contributed by atoms with Gasteiger partial charge >= 0.3 is 0 Å². The quantitative estimate of drug-likeness (QED) is 0.540. The van der Waals surface area contributed by atoms with Crippen LogP contribution < -0.4 is 5.32 Å². The Morgan fingerprint density at radius 3 is 2.56 bits per heavy atom. The molecular formula is C22H27N5O3S2. The first-order chi connectivity index (χ1) is 15.5. The average molecular weight is 474 g/mol. The number of benzene rings is 1. The molecule has 1 atom stereocenters. The highest BCUT2D eigenvalue weighted by atomic mass is 32.2. The molecule has 1 N–H and O–H groups in total. The van der Waals surface area contributed by atoms with Crippen molar-refractivity contribution in [3.63, 3.8) is 0 Å². The van der Waals surface area contributed by atoms with Crippen LogP contribution in [0.25, 0.3) is 5.65 Å². The van der Waals surface area contributed by atoms with Crippen LogP contribution in [0.3, 0.4) is 0 Å². The topological polar surface area (TPSA) is 96.7 Å². The SMILES string of the molecule is CSCC[C@H](NC(=O)c1ccc(S(=O)(=O)N2CCCCC2)cc1)c1nnc2ccccn12. The Morgan fingerprint density at radius 1 is 1.09 bits per heavy atom. The molecular weight excluding hydrogens is 446 g/mol. The lowest BCUT2D eigenvalue weighted by Crippen LogP contribution is -2.35. The van der Waals surface area contributed by atoms with Crippen molar-refractivity contribution in [2.45, 2.75) is 36.6 Å². The number of thioether (sulfide) groups is 1. The van der Waals surface area contributed by atoms with Gasteiger partial charge in [-0.3, -0.25) is 9.20 Å². The fourth-order valence-corrected chi connectivity index (χ4v) is 5.86. The molecule has 170 valence electrons. The van der Waals surface area contributed by atoms with Gasteiger partial charge in [0.1, 0.15) is 0 Å². The number of nitrogens with one attached hydrogen (secondary N) is 1. The summed E-state index contributed by atoms with van der Waals surface area (Å²) in [6.45, 7) is 1.10. The average Bonchev–Trinajstić information content (AvgIpc) is 3.26. The number of pyridine rings is 1. The lowest BCUT2D eigenvalue weighted by Gasteiger charge is -2.25. The molecule has 1 aliphatic rings. The monoisotopic (exact) mass is 473 g/mol. The van der Waals surface area contributed by atoms with Crippen LogP contribution in [0.2, 0.25) is 0 Å². The second-order valence-corrected chi connectivity index (χ2v) is 10.7. The minimum absolute atomic E-state index is 0.221. The second-order valence-electron chi connectivity index (χ2n) is 7.78. The zero-order valence-corrected chi connectivity index (χ0v) is 19.6. The lowest BCUT2D eigenvalue weighted by molar-refractivity contribution is 0.0933. The third-order valence-corrected chi connectivity index (χ3v) is 8.19. The Morgan fingerprint density at radius 2 is 1.84 bits per heavy atom. The lowest BCUT2D eigenvalue weighted by atomic mass is 10.1. The molecule has 1 aliphatic heterocycles. The maximum Gasteiger partial charge on any atom is 0.251 e. The summed E-state index contributed by atoms with van der Waals surface area (Å²) < 4.78 is 29.1. The van der Waals surface area contributed by atoms with Gasteiger partial charge in [-0.25, -0.2) is 8.42 Å². The predicted molar refractivity (Wildman–Crippen MR) is 125 cm³/mol. The molecule has 1 fully saturated rings. The van der Waals surface area contributed by atoms with Gasteiger partial charge in [0.25, 0.3) is 5.91 Å².